The first-order chi connectivity index (χ1) is 23.0. The Bertz CT molecular complexity index is 2110. The average molecular weight is 652 g/mol. The number of benzene rings is 3. The van der Waals surface area contributed by atoms with E-state index in [1.807, 2.05) is 30.3 Å². The Morgan fingerprint density at radius 3 is 2.48 bits per heavy atom. The van der Waals surface area contributed by atoms with Crippen molar-refractivity contribution in [1.82, 2.24) is 24.2 Å². The van der Waals surface area contributed by atoms with E-state index < -0.39 is 17.2 Å². The van der Waals surface area contributed by atoms with Gasteiger partial charge in [-0.25, -0.2) is 23.4 Å². The predicted molar refractivity (Wildman–Crippen MR) is 178 cm³/mol. The highest BCUT2D eigenvalue weighted by atomic mass is 19.2. The van der Waals surface area contributed by atoms with Crippen molar-refractivity contribution in [1.29, 1.82) is 0 Å². The Kier molecular flexibility index (Phi) is 10.6. The minimum absolute atomic E-state index is 0.00577. The number of carbonyl (C=O) groups is 2. The maximum absolute atomic E-state index is 13.7. The number of halogens is 2. The van der Waals surface area contributed by atoms with E-state index in [-0.39, 0.29) is 43.2 Å². The largest absolute Gasteiger partial charge is 0.396 e. The number of ketones is 1. The minimum Gasteiger partial charge on any atom is -0.396 e. The molecule has 0 bridgehead atoms. The predicted octanol–water partition coefficient (Wildman–Crippen LogP) is 4.82. The van der Waals surface area contributed by atoms with Crippen LogP contribution in [0.5, 0.6) is 0 Å². The zero-order valence-electron chi connectivity index (χ0n) is 27.0. The number of carbonyl (C=O) groups excluding carboxylic acids is 2. The molecule has 2 heterocycles. The van der Waals surface area contributed by atoms with Crippen LogP contribution in [0.25, 0.3) is 10.9 Å². The Morgan fingerprint density at radius 1 is 1.00 bits per heavy atom. The van der Waals surface area contributed by atoms with Crippen molar-refractivity contribution in [3.05, 3.63) is 128 Å². The highest BCUT2D eigenvalue weighted by Gasteiger charge is 2.21. The Labute approximate surface area is 276 Å². The van der Waals surface area contributed by atoms with Crippen LogP contribution in [0.15, 0.2) is 71.7 Å². The number of rotatable bonds is 11. The maximum Gasteiger partial charge on any atom is 0.278 e. The van der Waals surface area contributed by atoms with Gasteiger partial charge in [0, 0.05) is 74.9 Å². The number of fused-ring (bicyclic) bond motifs is 1. The SMILES string of the molecule is Cc1c(C(=O)CCC#Cc2ccc3nc(Cc4ccc(C(=O)N(C)CCCO)cc4)ncc3c2)c(=O)n(Cc2ccc(F)c(F)c2)n1C. The normalized spacial score (nSPS) is 11.0. The van der Waals surface area contributed by atoms with E-state index in [4.69, 9.17) is 5.11 Å². The average Bonchev–Trinajstić information content (AvgIpc) is 3.29. The van der Waals surface area contributed by atoms with Crippen LogP contribution in [0.1, 0.15) is 68.2 Å². The Balaban J connectivity index is 1.19. The van der Waals surface area contributed by atoms with Gasteiger partial charge in [-0.1, -0.05) is 30.0 Å². The van der Waals surface area contributed by atoms with Crippen molar-refractivity contribution in [2.75, 3.05) is 20.2 Å². The molecule has 0 fully saturated rings. The number of aromatic nitrogens is 4. The van der Waals surface area contributed by atoms with E-state index in [1.54, 1.807) is 48.9 Å². The fourth-order valence-corrected chi connectivity index (χ4v) is 5.35. The van der Waals surface area contributed by atoms with Crippen LogP contribution >= 0.6 is 0 Å². The van der Waals surface area contributed by atoms with Gasteiger partial charge < -0.3 is 10.0 Å². The molecular weight excluding hydrogens is 616 g/mol. The number of Topliss-reactive ketones (excluding diaryl/α,β-unsaturated/α-hetero) is 1. The van der Waals surface area contributed by atoms with E-state index in [9.17, 15) is 23.2 Å². The standard InChI is InChI=1S/C37H35F2N5O4/c1-24-35(37(48)44(43(24)3)23-27-11-15-30(38)31(39)20-27)33(46)8-5-4-7-25-12-16-32-29(19-25)22-40-34(41-32)21-26-9-13-28(14-10-26)36(47)42(2)17-6-18-45/h9-16,19-20,22,45H,5-6,8,17-18,21,23H2,1-3H3. The van der Waals surface area contributed by atoms with Gasteiger partial charge in [0.2, 0.25) is 0 Å². The van der Waals surface area contributed by atoms with Crippen LogP contribution in [0.3, 0.4) is 0 Å². The lowest BCUT2D eigenvalue weighted by Gasteiger charge is -2.16. The molecule has 0 radical (unpaired) electrons. The summed E-state index contributed by atoms with van der Waals surface area (Å²) in [6.07, 6.45) is 3.06. The van der Waals surface area contributed by atoms with Crippen molar-refractivity contribution >= 4 is 22.6 Å². The number of hydrogen-bond acceptors (Lipinski definition) is 6. The first kappa shape index (κ1) is 33.9. The van der Waals surface area contributed by atoms with Crippen molar-refractivity contribution in [3.63, 3.8) is 0 Å². The van der Waals surface area contributed by atoms with E-state index in [2.05, 4.69) is 21.8 Å². The molecule has 0 saturated carbocycles. The number of hydrogen-bond donors (Lipinski definition) is 1. The lowest BCUT2D eigenvalue weighted by Crippen LogP contribution is -2.28. The Morgan fingerprint density at radius 2 is 1.75 bits per heavy atom. The van der Waals surface area contributed by atoms with Crippen molar-refractivity contribution in [3.8, 4) is 11.8 Å². The molecule has 0 aliphatic rings. The molecule has 0 saturated heterocycles. The Hall–Kier alpha value is -5.47. The number of aliphatic hydroxyl groups is 1. The quantitative estimate of drug-likeness (QED) is 0.162. The molecular formula is C37H35F2N5O4. The smallest absolute Gasteiger partial charge is 0.278 e. The van der Waals surface area contributed by atoms with Crippen molar-refractivity contribution < 1.29 is 23.5 Å². The minimum atomic E-state index is -1.00. The molecule has 246 valence electrons. The summed E-state index contributed by atoms with van der Waals surface area (Å²) >= 11 is 0. The zero-order chi connectivity index (χ0) is 34.4. The summed E-state index contributed by atoms with van der Waals surface area (Å²) in [7, 11) is 3.35. The lowest BCUT2D eigenvalue weighted by atomic mass is 10.1. The molecule has 11 heteroatoms. The third-order valence-electron chi connectivity index (χ3n) is 8.15. The topological polar surface area (TPSA) is 110 Å². The summed E-state index contributed by atoms with van der Waals surface area (Å²) in [6, 6.07) is 16.4. The van der Waals surface area contributed by atoms with Crippen LogP contribution in [0.2, 0.25) is 0 Å². The monoisotopic (exact) mass is 651 g/mol. The molecule has 0 spiro atoms. The summed E-state index contributed by atoms with van der Waals surface area (Å²) in [5, 5.41) is 9.81. The third-order valence-corrected chi connectivity index (χ3v) is 8.15. The summed E-state index contributed by atoms with van der Waals surface area (Å²) in [5.74, 6) is 4.31. The lowest BCUT2D eigenvalue weighted by molar-refractivity contribution is 0.0786. The van der Waals surface area contributed by atoms with Crippen LogP contribution in [0, 0.1) is 30.4 Å². The number of aliphatic hydroxyl groups excluding tert-OH is 1. The van der Waals surface area contributed by atoms with E-state index in [0.29, 0.717) is 42.0 Å². The second-order valence-corrected chi connectivity index (χ2v) is 11.6. The summed E-state index contributed by atoms with van der Waals surface area (Å²) in [4.78, 5) is 49.4. The molecule has 1 amide bonds. The van der Waals surface area contributed by atoms with Crippen molar-refractivity contribution in [2.45, 2.75) is 39.2 Å². The van der Waals surface area contributed by atoms with E-state index >= 15 is 0 Å². The van der Waals surface area contributed by atoms with Gasteiger partial charge >= 0.3 is 0 Å². The third kappa shape index (κ3) is 7.73. The van der Waals surface area contributed by atoms with Gasteiger partial charge in [-0.15, -0.1) is 0 Å². The summed E-state index contributed by atoms with van der Waals surface area (Å²) < 4.78 is 29.9. The van der Waals surface area contributed by atoms with E-state index in [0.717, 1.165) is 34.2 Å². The highest BCUT2D eigenvalue weighted by Crippen LogP contribution is 2.17. The van der Waals surface area contributed by atoms with Gasteiger partial charge in [-0.2, -0.15) is 0 Å². The fraction of sp³-hybridized carbons (Fsp3) is 0.270. The van der Waals surface area contributed by atoms with Gasteiger partial charge in [0.25, 0.3) is 11.5 Å². The molecule has 48 heavy (non-hydrogen) atoms. The van der Waals surface area contributed by atoms with Crippen LogP contribution in [-0.2, 0) is 20.0 Å². The number of nitrogens with zero attached hydrogens (tertiary/aromatic N) is 5. The second-order valence-electron chi connectivity index (χ2n) is 11.6. The van der Waals surface area contributed by atoms with Gasteiger partial charge in [-0.3, -0.25) is 19.1 Å². The first-order valence-electron chi connectivity index (χ1n) is 15.5. The van der Waals surface area contributed by atoms with Gasteiger partial charge in [0.1, 0.15) is 11.4 Å². The van der Waals surface area contributed by atoms with Crippen LogP contribution < -0.4 is 5.56 Å². The summed E-state index contributed by atoms with van der Waals surface area (Å²) in [5.41, 5.74) is 3.50. The fourth-order valence-electron chi connectivity index (χ4n) is 5.35. The number of amides is 1. The molecule has 0 aliphatic carbocycles. The molecule has 5 rings (SSSR count). The van der Waals surface area contributed by atoms with E-state index in [1.165, 1.54) is 10.7 Å². The summed E-state index contributed by atoms with van der Waals surface area (Å²) in [6.45, 7) is 2.19. The first-order valence-corrected chi connectivity index (χ1v) is 15.5. The highest BCUT2D eigenvalue weighted by molar-refractivity contribution is 5.97. The maximum atomic E-state index is 13.7. The van der Waals surface area contributed by atoms with Gasteiger partial charge in [0.05, 0.1) is 12.1 Å². The second kappa shape index (κ2) is 15.0. The van der Waals surface area contributed by atoms with Gasteiger partial charge in [-0.05, 0) is 66.9 Å². The molecule has 1 N–H and O–H groups in total. The molecule has 0 unspecified atom stereocenters. The molecule has 3 aromatic carbocycles. The van der Waals surface area contributed by atoms with Crippen LogP contribution in [0.4, 0.5) is 8.78 Å². The van der Waals surface area contributed by atoms with Crippen molar-refractivity contribution in [2.24, 2.45) is 7.05 Å². The molecule has 9 nitrogen and oxygen atoms in total. The molecule has 2 aromatic heterocycles. The van der Waals surface area contributed by atoms with Crippen LogP contribution in [-0.4, -0.2) is 61.2 Å². The van der Waals surface area contributed by atoms with Gasteiger partial charge in [0.15, 0.2) is 17.4 Å². The molecule has 5 aromatic rings. The zero-order valence-corrected chi connectivity index (χ0v) is 27.0. The molecule has 0 aliphatic heterocycles. The molecule has 0 atom stereocenters.